The number of hydrogen-bond acceptors (Lipinski definition) is 3. The third kappa shape index (κ3) is 3.90. The van der Waals surface area contributed by atoms with Crippen LogP contribution in [0.2, 0.25) is 0 Å². The Bertz CT molecular complexity index is 584. The molecule has 0 radical (unpaired) electrons. The third-order valence-corrected chi connectivity index (χ3v) is 3.90. The Balaban J connectivity index is 1.89. The quantitative estimate of drug-likeness (QED) is 0.845. The number of carbonyl (C=O) groups is 2. The van der Waals surface area contributed by atoms with Gasteiger partial charge in [0.2, 0.25) is 0 Å². The van der Waals surface area contributed by atoms with Gasteiger partial charge in [0.15, 0.2) is 0 Å². The van der Waals surface area contributed by atoms with Crippen molar-refractivity contribution in [1.82, 2.24) is 5.32 Å². The second kappa shape index (κ2) is 6.49. The van der Waals surface area contributed by atoms with Crippen molar-refractivity contribution in [1.29, 1.82) is 0 Å². The minimum absolute atomic E-state index is 0.361. The molecule has 0 aliphatic carbocycles. The first-order valence-electron chi connectivity index (χ1n) is 5.53. The molecular weight excluding hydrogens is 328 g/mol. The van der Waals surface area contributed by atoms with Crippen molar-refractivity contribution in [2.45, 2.75) is 6.54 Å². The smallest absolute Gasteiger partial charge is 0.313 e. The van der Waals surface area contributed by atoms with Crippen molar-refractivity contribution in [2.75, 3.05) is 5.32 Å². The lowest BCUT2D eigenvalue weighted by Crippen LogP contribution is -2.34. The van der Waals surface area contributed by atoms with E-state index in [-0.39, 0.29) is 0 Å². The molecule has 0 bridgehead atoms. The number of nitrogens with one attached hydrogen (secondary N) is 2. The predicted molar refractivity (Wildman–Crippen MR) is 78.9 cm³/mol. The highest BCUT2D eigenvalue weighted by Gasteiger charge is 2.14. The second-order valence-electron chi connectivity index (χ2n) is 3.70. The average molecular weight is 339 g/mol. The van der Waals surface area contributed by atoms with Crippen molar-refractivity contribution < 1.29 is 9.59 Å². The largest absolute Gasteiger partial charge is 0.343 e. The summed E-state index contributed by atoms with van der Waals surface area (Å²) in [5, 5.41) is 7.03. The normalized spacial score (nSPS) is 9.95. The molecule has 0 saturated heterocycles. The Morgan fingerprint density at radius 1 is 1.11 bits per heavy atom. The van der Waals surface area contributed by atoms with Gasteiger partial charge in [-0.1, -0.05) is 18.2 Å². The number of para-hydroxylation sites is 1. The minimum atomic E-state index is -0.677. The van der Waals surface area contributed by atoms with Crippen molar-refractivity contribution >= 4 is 44.8 Å². The Hall–Kier alpha value is -1.66. The highest BCUT2D eigenvalue weighted by Crippen LogP contribution is 2.20. The van der Waals surface area contributed by atoms with Gasteiger partial charge >= 0.3 is 11.8 Å². The second-order valence-corrected chi connectivity index (χ2v) is 5.58. The van der Waals surface area contributed by atoms with Gasteiger partial charge in [0.25, 0.3) is 0 Å². The molecule has 2 amide bonds. The van der Waals surface area contributed by atoms with Crippen LogP contribution in [0.5, 0.6) is 0 Å². The van der Waals surface area contributed by atoms with Crippen LogP contribution in [0.4, 0.5) is 5.69 Å². The van der Waals surface area contributed by atoms with Gasteiger partial charge in [-0.3, -0.25) is 9.59 Å². The van der Waals surface area contributed by atoms with Crippen molar-refractivity contribution in [3.05, 3.63) is 51.1 Å². The number of amides is 2. The first-order chi connectivity index (χ1) is 9.16. The summed E-state index contributed by atoms with van der Waals surface area (Å²) in [5.74, 6) is -1.33. The fourth-order valence-corrected chi connectivity index (χ4v) is 2.43. The van der Waals surface area contributed by atoms with Crippen molar-refractivity contribution in [2.24, 2.45) is 0 Å². The van der Waals surface area contributed by atoms with Gasteiger partial charge in [0.05, 0.1) is 12.2 Å². The van der Waals surface area contributed by atoms with Crippen LogP contribution >= 0.6 is 27.3 Å². The standard InChI is InChI=1S/C13H11BrN2O2S/c14-10-5-1-2-6-11(10)16-13(18)12(17)15-8-9-4-3-7-19-9/h1-7H,8H2,(H,15,17)(H,16,18). The maximum Gasteiger partial charge on any atom is 0.313 e. The summed E-state index contributed by atoms with van der Waals surface area (Å²) >= 11 is 4.83. The maximum atomic E-state index is 11.7. The van der Waals surface area contributed by atoms with Gasteiger partial charge in [-0.15, -0.1) is 11.3 Å². The fraction of sp³-hybridized carbons (Fsp3) is 0.0769. The molecule has 0 fully saturated rings. The van der Waals surface area contributed by atoms with Crippen LogP contribution in [0.3, 0.4) is 0 Å². The van der Waals surface area contributed by atoms with Crippen LogP contribution in [0, 0.1) is 0 Å². The molecular formula is C13H11BrN2O2S. The van der Waals surface area contributed by atoms with Crippen LogP contribution in [-0.2, 0) is 16.1 Å². The van der Waals surface area contributed by atoms with Crippen molar-refractivity contribution in [3.63, 3.8) is 0 Å². The zero-order chi connectivity index (χ0) is 13.7. The van der Waals surface area contributed by atoms with E-state index in [9.17, 15) is 9.59 Å². The predicted octanol–water partition coefficient (Wildman–Crippen LogP) is 2.77. The van der Waals surface area contributed by atoms with E-state index in [0.717, 1.165) is 9.35 Å². The molecule has 2 N–H and O–H groups in total. The number of anilines is 1. The van der Waals surface area contributed by atoms with E-state index in [1.54, 1.807) is 18.2 Å². The first kappa shape index (κ1) is 13.8. The molecule has 1 aromatic heterocycles. The molecule has 0 unspecified atom stereocenters. The maximum absolute atomic E-state index is 11.7. The van der Waals surface area contributed by atoms with Gasteiger partial charge in [-0.25, -0.2) is 0 Å². The number of rotatable bonds is 3. The van der Waals surface area contributed by atoms with Crippen molar-refractivity contribution in [3.8, 4) is 0 Å². The van der Waals surface area contributed by atoms with E-state index in [1.165, 1.54) is 11.3 Å². The molecule has 98 valence electrons. The summed E-state index contributed by atoms with van der Waals surface area (Å²) < 4.78 is 0.731. The summed E-state index contributed by atoms with van der Waals surface area (Å²) in [6, 6.07) is 10.9. The van der Waals surface area contributed by atoms with Crippen LogP contribution in [-0.4, -0.2) is 11.8 Å². The molecule has 19 heavy (non-hydrogen) atoms. The topological polar surface area (TPSA) is 58.2 Å². The van der Waals surface area contributed by atoms with Gasteiger partial charge < -0.3 is 10.6 Å². The number of thiophene rings is 1. The first-order valence-corrected chi connectivity index (χ1v) is 7.20. The summed E-state index contributed by atoms with van der Waals surface area (Å²) in [7, 11) is 0. The molecule has 0 saturated carbocycles. The molecule has 0 spiro atoms. The molecule has 0 aliphatic rings. The van der Waals surface area contributed by atoms with Crippen LogP contribution in [0.1, 0.15) is 4.88 Å². The molecule has 0 atom stereocenters. The third-order valence-electron chi connectivity index (χ3n) is 2.33. The van der Waals surface area contributed by atoms with E-state index in [0.29, 0.717) is 12.2 Å². The Labute approximate surface area is 123 Å². The molecule has 4 nitrogen and oxygen atoms in total. The zero-order valence-corrected chi connectivity index (χ0v) is 12.3. The molecule has 1 heterocycles. The number of carbonyl (C=O) groups excluding carboxylic acids is 2. The lowest BCUT2D eigenvalue weighted by atomic mass is 10.3. The lowest BCUT2D eigenvalue weighted by molar-refractivity contribution is -0.136. The van der Waals surface area contributed by atoms with Crippen LogP contribution < -0.4 is 10.6 Å². The van der Waals surface area contributed by atoms with Crippen LogP contribution in [0.15, 0.2) is 46.3 Å². The monoisotopic (exact) mass is 338 g/mol. The molecule has 0 aliphatic heterocycles. The Morgan fingerprint density at radius 2 is 1.89 bits per heavy atom. The number of halogens is 1. The summed E-state index contributed by atoms with van der Waals surface area (Å²) in [4.78, 5) is 24.3. The summed E-state index contributed by atoms with van der Waals surface area (Å²) in [5.41, 5.74) is 0.568. The SMILES string of the molecule is O=C(NCc1cccs1)C(=O)Nc1ccccc1Br. The van der Waals surface area contributed by atoms with E-state index in [4.69, 9.17) is 0 Å². The molecule has 2 aromatic rings. The van der Waals surface area contributed by atoms with E-state index in [2.05, 4.69) is 26.6 Å². The summed E-state index contributed by atoms with van der Waals surface area (Å²) in [6.07, 6.45) is 0. The van der Waals surface area contributed by atoms with Gasteiger partial charge in [-0.2, -0.15) is 0 Å². The minimum Gasteiger partial charge on any atom is -0.343 e. The summed E-state index contributed by atoms with van der Waals surface area (Å²) in [6.45, 7) is 0.361. The molecule has 1 aromatic carbocycles. The highest BCUT2D eigenvalue weighted by molar-refractivity contribution is 9.10. The Morgan fingerprint density at radius 3 is 2.58 bits per heavy atom. The van der Waals surface area contributed by atoms with E-state index in [1.807, 2.05) is 23.6 Å². The van der Waals surface area contributed by atoms with Gasteiger partial charge in [0.1, 0.15) is 0 Å². The van der Waals surface area contributed by atoms with Crippen LogP contribution in [0.25, 0.3) is 0 Å². The lowest BCUT2D eigenvalue weighted by Gasteiger charge is -2.07. The number of benzene rings is 1. The van der Waals surface area contributed by atoms with E-state index >= 15 is 0 Å². The van der Waals surface area contributed by atoms with Gasteiger partial charge in [0, 0.05) is 9.35 Å². The number of hydrogen-bond donors (Lipinski definition) is 2. The van der Waals surface area contributed by atoms with E-state index < -0.39 is 11.8 Å². The highest BCUT2D eigenvalue weighted by atomic mass is 79.9. The average Bonchev–Trinajstić information content (AvgIpc) is 2.91. The zero-order valence-electron chi connectivity index (χ0n) is 9.85. The molecule has 6 heteroatoms. The fourth-order valence-electron chi connectivity index (χ4n) is 1.40. The Kier molecular flexibility index (Phi) is 4.70. The molecule has 2 rings (SSSR count). The van der Waals surface area contributed by atoms with Gasteiger partial charge in [-0.05, 0) is 39.5 Å².